The number of fused-ring (bicyclic) bond motifs is 1. The van der Waals surface area contributed by atoms with Crippen LogP contribution < -0.4 is 5.56 Å². The molecule has 21 heavy (non-hydrogen) atoms. The fraction of sp³-hybridized carbons (Fsp3) is 0.0667. The summed E-state index contributed by atoms with van der Waals surface area (Å²) in [5.41, 5.74) is 1.69. The highest BCUT2D eigenvalue weighted by molar-refractivity contribution is 5.80. The van der Waals surface area contributed by atoms with E-state index in [4.69, 9.17) is 0 Å². The van der Waals surface area contributed by atoms with Gasteiger partial charge >= 0.3 is 0 Å². The number of aromatic nitrogens is 2. The van der Waals surface area contributed by atoms with Gasteiger partial charge < -0.3 is 4.57 Å². The maximum atomic E-state index is 12.4. The molecule has 0 spiro atoms. The van der Waals surface area contributed by atoms with E-state index in [0.29, 0.717) is 16.7 Å². The quantitative estimate of drug-likeness (QED) is 0.534. The van der Waals surface area contributed by atoms with Crippen molar-refractivity contribution < 1.29 is 4.92 Å². The van der Waals surface area contributed by atoms with Gasteiger partial charge in [-0.25, -0.2) is 4.98 Å². The van der Waals surface area contributed by atoms with Gasteiger partial charge in [0.15, 0.2) is 0 Å². The maximum Gasteiger partial charge on any atom is 0.277 e. The summed E-state index contributed by atoms with van der Waals surface area (Å²) in [7, 11) is 1.59. The third kappa shape index (κ3) is 2.16. The molecule has 0 saturated heterocycles. The largest absolute Gasteiger partial charge is 0.308 e. The van der Waals surface area contributed by atoms with Gasteiger partial charge in [0.2, 0.25) is 0 Å². The zero-order valence-electron chi connectivity index (χ0n) is 11.2. The number of hydrogen-bond acceptors (Lipinski definition) is 4. The predicted molar refractivity (Wildman–Crippen MR) is 79.1 cm³/mol. The van der Waals surface area contributed by atoms with Gasteiger partial charge in [0.05, 0.1) is 16.0 Å². The topological polar surface area (TPSA) is 78.0 Å². The first-order valence-electron chi connectivity index (χ1n) is 6.28. The third-order valence-corrected chi connectivity index (χ3v) is 3.32. The van der Waals surface area contributed by atoms with E-state index in [0.717, 1.165) is 5.56 Å². The summed E-state index contributed by atoms with van der Waals surface area (Å²) in [6.07, 6.45) is 0. The highest BCUT2D eigenvalue weighted by atomic mass is 16.6. The molecular formula is C15H11N3O3. The molecule has 0 bridgehead atoms. The second kappa shape index (κ2) is 4.82. The Kier molecular flexibility index (Phi) is 2.98. The van der Waals surface area contributed by atoms with Crippen LogP contribution in [-0.4, -0.2) is 14.5 Å². The van der Waals surface area contributed by atoms with Crippen molar-refractivity contribution in [2.75, 3.05) is 0 Å². The summed E-state index contributed by atoms with van der Waals surface area (Å²) in [5, 5.41) is 10.8. The van der Waals surface area contributed by atoms with Crippen molar-refractivity contribution in [2.24, 2.45) is 7.05 Å². The van der Waals surface area contributed by atoms with E-state index < -0.39 is 4.92 Å². The summed E-state index contributed by atoms with van der Waals surface area (Å²) in [4.78, 5) is 27.1. The first-order chi connectivity index (χ1) is 10.1. The predicted octanol–water partition coefficient (Wildman–Crippen LogP) is 2.51. The number of nitrogens with zero attached hydrogens (tertiary/aromatic N) is 3. The molecule has 104 valence electrons. The minimum atomic E-state index is -0.491. The Balaban J connectivity index is 2.32. The van der Waals surface area contributed by atoms with Gasteiger partial charge in [-0.3, -0.25) is 14.9 Å². The molecule has 0 aliphatic carbocycles. The summed E-state index contributed by atoms with van der Waals surface area (Å²) in [5.74, 6) is 0. The van der Waals surface area contributed by atoms with Gasteiger partial charge in [0, 0.05) is 24.7 Å². The number of aryl methyl sites for hydroxylation is 1. The van der Waals surface area contributed by atoms with Crippen molar-refractivity contribution in [1.29, 1.82) is 0 Å². The van der Waals surface area contributed by atoms with E-state index in [1.54, 1.807) is 25.2 Å². The van der Waals surface area contributed by atoms with E-state index in [2.05, 4.69) is 4.98 Å². The zero-order chi connectivity index (χ0) is 15.0. The van der Waals surface area contributed by atoms with Crippen LogP contribution in [0.15, 0.2) is 53.3 Å². The van der Waals surface area contributed by atoms with Gasteiger partial charge in [0.25, 0.3) is 11.2 Å². The van der Waals surface area contributed by atoms with Gasteiger partial charge in [0.1, 0.15) is 5.69 Å². The second-order valence-electron chi connectivity index (χ2n) is 4.62. The van der Waals surface area contributed by atoms with Crippen LogP contribution in [0.3, 0.4) is 0 Å². The lowest BCUT2D eigenvalue weighted by Gasteiger charge is -2.07. The molecule has 0 amide bonds. The van der Waals surface area contributed by atoms with E-state index in [9.17, 15) is 14.9 Å². The number of benzene rings is 2. The number of hydrogen-bond donors (Lipinski definition) is 0. The fourth-order valence-corrected chi connectivity index (χ4v) is 2.21. The van der Waals surface area contributed by atoms with Crippen molar-refractivity contribution >= 4 is 16.7 Å². The highest BCUT2D eigenvalue weighted by Gasteiger charge is 2.13. The monoisotopic (exact) mass is 281 g/mol. The molecule has 0 N–H and O–H groups in total. The molecule has 0 fully saturated rings. The zero-order valence-corrected chi connectivity index (χ0v) is 11.2. The van der Waals surface area contributed by atoms with Crippen LogP contribution in [-0.2, 0) is 7.05 Å². The Morgan fingerprint density at radius 2 is 1.86 bits per heavy atom. The molecule has 0 aliphatic heterocycles. The Bertz CT molecular complexity index is 901. The van der Waals surface area contributed by atoms with Crippen LogP contribution in [0.1, 0.15) is 0 Å². The SMILES string of the molecule is Cn1c(=O)c(-c2ccccc2)nc2ccc([N+](=O)[O-])cc21. The molecule has 0 unspecified atom stereocenters. The minimum absolute atomic E-state index is 0.0632. The van der Waals surface area contributed by atoms with Crippen molar-refractivity contribution in [1.82, 2.24) is 9.55 Å². The van der Waals surface area contributed by atoms with Crippen molar-refractivity contribution in [3.63, 3.8) is 0 Å². The van der Waals surface area contributed by atoms with Crippen LogP contribution in [0.4, 0.5) is 5.69 Å². The average Bonchev–Trinajstić information content (AvgIpc) is 2.51. The number of nitro benzene ring substituents is 1. The maximum absolute atomic E-state index is 12.4. The summed E-state index contributed by atoms with van der Waals surface area (Å²) < 4.78 is 1.39. The van der Waals surface area contributed by atoms with E-state index >= 15 is 0 Å². The standard InChI is InChI=1S/C15H11N3O3/c1-17-13-9-11(18(20)21)7-8-12(13)16-14(15(17)19)10-5-3-2-4-6-10/h2-9H,1H3. The van der Waals surface area contributed by atoms with Crippen molar-refractivity contribution in [3.8, 4) is 11.3 Å². The average molecular weight is 281 g/mol. The molecule has 3 rings (SSSR count). The molecule has 1 aromatic heterocycles. The lowest BCUT2D eigenvalue weighted by Crippen LogP contribution is -2.20. The summed E-state index contributed by atoms with van der Waals surface area (Å²) in [6, 6.07) is 13.4. The third-order valence-electron chi connectivity index (χ3n) is 3.32. The van der Waals surface area contributed by atoms with E-state index in [-0.39, 0.29) is 11.2 Å². The Morgan fingerprint density at radius 3 is 2.52 bits per heavy atom. The van der Waals surface area contributed by atoms with Crippen LogP contribution >= 0.6 is 0 Å². The van der Waals surface area contributed by atoms with Crippen molar-refractivity contribution in [3.05, 3.63) is 69.0 Å². The van der Waals surface area contributed by atoms with Crippen LogP contribution in [0, 0.1) is 10.1 Å². The minimum Gasteiger partial charge on any atom is -0.308 e. The lowest BCUT2D eigenvalue weighted by molar-refractivity contribution is -0.384. The molecule has 0 radical (unpaired) electrons. The van der Waals surface area contributed by atoms with Gasteiger partial charge in [-0.05, 0) is 6.07 Å². The number of non-ortho nitro benzene ring substituents is 1. The van der Waals surface area contributed by atoms with Crippen LogP contribution in [0.5, 0.6) is 0 Å². The molecule has 0 atom stereocenters. The highest BCUT2D eigenvalue weighted by Crippen LogP contribution is 2.21. The number of nitro groups is 1. The Morgan fingerprint density at radius 1 is 1.14 bits per heavy atom. The normalized spacial score (nSPS) is 10.7. The fourth-order valence-electron chi connectivity index (χ4n) is 2.21. The van der Waals surface area contributed by atoms with Crippen LogP contribution in [0.2, 0.25) is 0 Å². The Hall–Kier alpha value is -3.02. The Labute approximate surface area is 119 Å². The van der Waals surface area contributed by atoms with E-state index in [1.807, 2.05) is 18.2 Å². The number of rotatable bonds is 2. The summed E-state index contributed by atoms with van der Waals surface area (Å²) >= 11 is 0. The molecule has 2 aromatic carbocycles. The molecule has 6 nitrogen and oxygen atoms in total. The molecule has 1 heterocycles. The van der Waals surface area contributed by atoms with Gasteiger partial charge in [-0.15, -0.1) is 0 Å². The molecule has 6 heteroatoms. The van der Waals surface area contributed by atoms with E-state index in [1.165, 1.54) is 16.7 Å². The second-order valence-corrected chi connectivity index (χ2v) is 4.62. The lowest BCUT2D eigenvalue weighted by atomic mass is 10.1. The van der Waals surface area contributed by atoms with Crippen molar-refractivity contribution in [2.45, 2.75) is 0 Å². The smallest absolute Gasteiger partial charge is 0.277 e. The van der Waals surface area contributed by atoms with Crippen LogP contribution in [0.25, 0.3) is 22.3 Å². The first kappa shape index (κ1) is 13.0. The van der Waals surface area contributed by atoms with Gasteiger partial charge in [-0.2, -0.15) is 0 Å². The molecular weight excluding hydrogens is 270 g/mol. The molecule has 0 aliphatic rings. The molecule has 3 aromatic rings. The summed E-state index contributed by atoms with van der Waals surface area (Å²) in [6.45, 7) is 0. The first-order valence-corrected chi connectivity index (χ1v) is 6.28. The molecule has 0 saturated carbocycles. The van der Waals surface area contributed by atoms with Gasteiger partial charge in [-0.1, -0.05) is 30.3 Å².